The highest BCUT2D eigenvalue weighted by Gasteiger charge is 2.51. The summed E-state index contributed by atoms with van der Waals surface area (Å²) in [6.07, 6.45) is 4.19. The lowest BCUT2D eigenvalue weighted by Gasteiger charge is -2.39. The van der Waals surface area contributed by atoms with E-state index >= 15 is 4.39 Å². The van der Waals surface area contributed by atoms with Crippen LogP contribution in [0.5, 0.6) is 5.88 Å². The Labute approximate surface area is 316 Å². The van der Waals surface area contributed by atoms with E-state index in [-0.39, 0.29) is 70.0 Å². The summed E-state index contributed by atoms with van der Waals surface area (Å²) in [4.78, 5) is 25.3. The summed E-state index contributed by atoms with van der Waals surface area (Å²) in [6, 6.07) is 15.1. The van der Waals surface area contributed by atoms with E-state index in [9.17, 15) is 15.2 Å². The highest BCUT2D eigenvalue weighted by molar-refractivity contribution is 6.43. The summed E-state index contributed by atoms with van der Waals surface area (Å²) < 4.78 is 26.1. The average Bonchev–Trinajstić information content (AvgIpc) is 3.42. The van der Waals surface area contributed by atoms with Gasteiger partial charge in [-0.2, -0.15) is 5.26 Å². The lowest BCUT2D eigenvalue weighted by molar-refractivity contribution is -0.133. The number of benzene rings is 2. The molecule has 10 rings (SSSR count). The number of fused-ring (bicyclic) bond motifs is 4. The van der Waals surface area contributed by atoms with Gasteiger partial charge in [-0.05, 0) is 80.8 Å². The molecular formula is C41H39Cl2FN6O3. The minimum atomic E-state index is -1.02. The number of pyridine rings is 2. The molecule has 0 spiro atoms. The zero-order valence-electron chi connectivity index (χ0n) is 29.5. The summed E-state index contributed by atoms with van der Waals surface area (Å²) in [5.41, 5.74) is 4.47. The molecule has 6 atom stereocenters. The number of hydrogen-bond acceptors (Lipinski definition) is 7. The van der Waals surface area contributed by atoms with E-state index in [0.717, 1.165) is 48.0 Å². The molecule has 272 valence electrons. The van der Waals surface area contributed by atoms with E-state index in [0.29, 0.717) is 47.0 Å². The molecule has 2 aliphatic carbocycles. The SMILES string of the molecule is Cc1ccnc(O[C@H]2C[C@H](c3cc4c([C@@H](C)O)nc5c(F)c(-c6cccc(Cl)c6Cl)c(CCC#N)cc5c4n3[C@H]3C4CNC3C4)N(C(=O)C3CC3)C2)c1. The van der Waals surface area contributed by atoms with Crippen molar-refractivity contribution < 1.29 is 19.0 Å². The molecule has 12 heteroatoms. The zero-order valence-corrected chi connectivity index (χ0v) is 31.0. The number of ether oxygens (including phenoxy) is 1. The number of likely N-dealkylation sites (tertiary alicyclic amines) is 1. The third-order valence-corrected chi connectivity index (χ3v) is 12.5. The molecule has 3 aliphatic heterocycles. The molecule has 5 aromatic rings. The molecule has 1 amide bonds. The lowest BCUT2D eigenvalue weighted by atomic mass is 9.79. The van der Waals surface area contributed by atoms with Gasteiger partial charge in [-0.15, -0.1) is 0 Å². The largest absolute Gasteiger partial charge is 0.472 e. The Morgan fingerprint density at radius 2 is 2.02 bits per heavy atom. The van der Waals surface area contributed by atoms with Gasteiger partial charge in [0, 0.05) is 71.2 Å². The van der Waals surface area contributed by atoms with Gasteiger partial charge in [0.25, 0.3) is 0 Å². The average molecular weight is 754 g/mol. The van der Waals surface area contributed by atoms with Gasteiger partial charge in [-0.25, -0.2) is 14.4 Å². The number of nitrogens with one attached hydrogen (secondary N) is 1. The number of aliphatic hydroxyl groups is 1. The summed E-state index contributed by atoms with van der Waals surface area (Å²) in [5.74, 6) is 0.405. The van der Waals surface area contributed by atoms with Crippen molar-refractivity contribution in [1.82, 2.24) is 24.8 Å². The van der Waals surface area contributed by atoms with Crippen molar-refractivity contribution in [3.8, 4) is 23.1 Å². The Morgan fingerprint density at radius 1 is 1.19 bits per heavy atom. The second kappa shape index (κ2) is 13.2. The fraction of sp³-hybridized carbons (Fsp3) is 0.415. The number of aryl methyl sites for hydroxylation is 2. The van der Waals surface area contributed by atoms with Gasteiger partial charge in [-0.3, -0.25) is 4.79 Å². The first kappa shape index (κ1) is 34.5. The van der Waals surface area contributed by atoms with Crippen molar-refractivity contribution in [2.45, 2.75) is 82.7 Å². The van der Waals surface area contributed by atoms with E-state index in [4.69, 9.17) is 32.9 Å². The summed E-state index contributed by atoms with van der Waals surface area (Å²) in [7, 11) is 0. The van der Waals surface area contributed by atoms with E-state index in [1.165, 1.54) is 0 Å². The number of nitriles is 1. The maximum atomic E-state index is 17.4. The number of nitrogens with zero attached hydrogens (tertiary/aromatic N) is 5. The molecule has 6 heterocycles. The molecule has 2 aromatic carbocycles. The van der Waals surface area contributed by atoms with E-state index in [1.807, 2.05) is 30.0 Å². The smallest absolute Gasteiger partial charge is 0.226 e. The van der Waals surface area contributed by atoms with Crippen LogP contribution >= 0.6 is 23.2 Å². The summed E-state index contributed by atoms with van der Waals surface area (Å²) in [5, 5.41) is 26.4. The first-order chi connectivity index (χ1) is 25.6. The molecule has 9 nitrogen and oxygen atoms in total. The fourth-order valence-electron chi connectivity index (χ4n) is 9.00. The van der Waals surface area contributed by atoms with Crippen LogP contribution in [0.1, 0.15) is 79.7 Å². The highest BCUT2D eigenvalue weighted by atomic mass is 35.5. The number of carbonyl (C=O) groups is 1. The van der Waals surface area contributed by atoms with Crippen molar-refractivity contribution in [2.75, 3.05) is 13.1 Å². The second-order valence-electron chi connectivity index (χ2n) is 15.2. The first-order valence-electron chi connectivity index (χ1n) is 18.4. The molecule has 53 heavy (non-hydrogen) atoms. The predicted octanol–water partition coefficient (Wildman–Crippen LogP) is 8.18. The normalized spacial score (nSPS) is 24.1. The maximum absolute atomic E-state index is 17.4. The van der Waals surface area contributed by atoms with Gasteiger partial charge in [0.2, 0.25) is 11.8 Å². The Kier molecular flexibility index (Phi) is 8.62. The van der Waals surface area contributed by atoms with Gasteiger partial charge < -0.3 is 24.6 Å². The number of amides is 1. The van der Waals surface area contributed by atoms with Crippen molar-refractivity contribution >= 4 is 50.9 Å². The Morgan fingerprint density at radius 3 is 2.72 bits per heavy atom. The molecule has 3 aromatic heterocycles. The van der Waals surface area contributed by atoms with Gasteiger partial charge in [-0.1, -0.05) is 35.3 Å². The van der Waals surface area contributed by atoms with E-state index in [1.54, 1.807) is 31.3 Å². The van der Waals surface area contributed by atoms with Gasteiger partial charge in [0.05, 0.1) is 52.1 Å². The number of hydrogen-bond donors (Lipinski definition) is 2. The predicted molar refractivity (Wildman–Crippen MR) is 201 cm³/mol. The van der Waals surface area contributed by atoms with Crippen LogP contribution in [0.2, 0.25) is 10.0 Å². The molecule has 3 saturated heterocycles. The number of aromatic nitrogens is 3. The third-order valence-electron chi connectivity index (χ3n) is 11.7. The van der Waals surface area contributed by atoms with Crippen molar-refractivity contribution in [3.05, 3.63) is 87.0 Å². The molecule has 2 unspecified atom stereocenters. The topological polar surface area (TPSA) is 116 Å². The number of carbonyl (C=O) groups excluding carboxylic acids is 1. The first-order valence-corrected chi connectivity index (χ1v) is 19.2. The zero-order chi connectivity index (χ0) is 36.7. The van der Waals surface area contributed by atoms with Crippen molar-refractivity contribution in [3.63, 3.8) is 0 Å². The Hall–Kier alpha value is -4.27. The molecule has 0 radical (unpaired) electrons. The van der Waals surface area contributed by atoms with Crippen LogP contribution in [0, 0.1) is 35.9 Å². The lowest BCUT2D eigenvalue weighted by Crippen LogP contribution is -2.41. The second-order valence-corrected chi connectivity index (χ2v) is 16.0. The van der Waals surface area contributed by atoms with Crippen molar-refractivity contribution in [2.24, 2.45) is 11.8 Å². The van der Waals surface area contributed by atoms with Crippen LogP contribution in [-0.4, -0.2) is 55.7 Å². The van der Waals surface area contributed by atoms with E-state index in [2.05, 4.69) is 27.0 Å². The molecule has 5 aliphatic rings. The minimum absolute atomic E-state index is 0.00299. The van der Waals surface area contributed by atoms with Gasteiger partial charge >= 0.3 is 0 Å². The quantitative estimate of drug-likeness (QED) is 0.156. The summed E-state index contributed by atoms with van der Waals surface area (Å²) in [6.45, 7) is 4.92. The third kappa shape index (κ3) is 5.75. The Balaban J connectivity index is 1.29. The molecule has 2 N–H and O–H groups in total. The minimum Gasteiger partial charge on any atom is -0.472 e. The molecule has 2 bridgehead atoms. The highest BCUT2D eigenvalue weighted by Crippen LogP contribution is 2.51. The Bertz CT molecular complexity index is 2340. The maximum Gasteiger partial charge on any atom is 0.226 e. The molecular weight excluding hydrogens is 714 g/mol. The number of rotatable bonds is 9. The van der Waals surface area contributed by atoms with E-state index < -0.39 is 11.9 Å². The van der Waals surface area contributed by atoms with Crippen LogP contribution in [0.3, 0.4) is 0 Å². The summed E-state index contributed by atoms with van der Waals surface area (Å²) >= 11 is 13.1. The van der Waals surface area contributed by atoms with Gasteiger partial charge in [0.1, 0.15) is 11.6 Å². The molecule has 2 saturated carbocycles. The van der Waals surface area contributed by atoms with Crippen LogP contribution in [0.4, 0.5) is 4.39 Å². The van der Waals surface area contributed by atoms with Crippen LogP contribution in [-0.2, 0) is 11.2 Å². The van der Waals surface area contributed by atoms with Crippen molar-refractivity contribution in [1.29, 1.82) is 5.26 Å². The number of halogens is 3. The monoisotopic (exact) mass is 752 g/mol. The van der Waals surface area contributed by atoms with Crippen LogP contribution < -0.4 is 10.1 Å². The molecule has 5 fully saturated rings. The number of aliphatic hydroxyl groups excluding tert-OH is 1. The van der Waals surface area contributed by atoms with Crippen LogP contribution in [0.25, 0.3) is 32.9 Å². The van der Waals surface area contributed by atoms with Crippen LogP contribution in [0.15, 0.2) is 48.7 Å². The standard InChI is InChI=1S/C41H39Cl2FN6O3/c1-20-10-12-46-33(13-20)53-25-16-31(49(19-25)41(52)22-8-9-22)32-17-28-37(21(2)51)48-38-27(40(28)50(32)39-24-15-30(39)47-18-24)14-23(5-4-11-45)34(36(38)44)26-6-3-7-29(42)35(26)43/h3,6-7,10,12-14,17,21-22,24-25,30-31,39,47,51H,4-5,8-9,15-16,18-19H2,1-2H3/t21-,24?,25+,30?,31-,39+/m1/s1. The van der Waals surface area contributed by atoms with Gasteiger partial charge in [0.15, 0.2) is 5.82 Å². The fourth-order valence-corrected chi connectivity index (χ4v) is 9.40.